The fourth-order valence-corrected chi connectivity index (χ4v) is 0.418. The molecule has 0 rings (SSSR count). The summed E-state index contributed by atoms with van der Waals surface area (Å²) >= 11 is 0. The zero-order chi connectivity index (χ0) is 7.11. The highest BCUT2D eigenvalue weighted by Crippen LogP contribution is 1.83. The maximum absolute atomic E-state index is 4.96. The lowest BCUT2D eigenvalue weighted by Gasteiger charge is -2.04. The normalized spacial score (nSPS) is 8.33. The number of aliphatic imine (C=N–C) groups is 1. The van der Waals surface area contributed by atoms with Gasteiger partial charge in [-0.15, -0.1) is 0 Å². The third-order valence-electron chi connectivity index (χ3n) is 0.718. The second kappa shape index (κ2) is 5.41. The first-order valence-corrected chi connectivity index (χ1v) is 3.07. The molecule has 0 unspecified atom stereocenters. The Bertz CT molecular complexity index is 83.1. The van der Waals surface area contributed by atoms with Crippen molar-refractivity contribution in [2.24, 2.45) is 4.99 Å². The number of nitrogens with zero attached hydrogens (tertiary/aromatic N) is 1. The number of hydrogen-bond donors (Lipinski definition) is 0. The fourth-order valence-electron chi connectivity index (χ4n) is 0.418. The molecule has 0 aliphatic carbocycles. The van der Waals surface area contributed by atoms with Gasteiger partial charge in [0.25, 0.3) is 0 Å². The van der Waals surface area contributed by atoms with E-state index in [1.165, 1.54) is 0 Å². The zero-order valence-corrected chi connectivity index (χ0v) is 6.18. The third-order valence-corrected chi connectivity index (χ3v) is 0.718. The number of hydrogen-bond acceptors (Lipinski definition) is 3. The maximum Gasteiger partial charge on any atom is 0.383 e. The molecule has 3 nitrogen and oxygen atoms in total. The van der Waals surface area contributed by atoms with Gasteiger partial charge >= 0.3 is 6.08 Å². The van der Waals surface area contributed by atoms with Crippen molar-refractivity contribution >= 4 is 6.08 Å². The van der Waals surface area contributed by atoms with Gasteiger partial charge in [0.05, 0.1) is 13.2 Å². The van der Waals surface area contributed by atoms with Crippen molar-refractivity contribution in [1.29, 1.82) is 0 Å². The van der Waals surface area contributed by atoms with E-state index >= 15 is 0 Å². The first kappa shape index (κ1) is 8.27. The molecule has 9 heavy (non-hydrogen) atoms. The van der Waals surface area contributed by atoms with Crippen LogP contribution in [0, 0.1) is 0 Å². The van der Waals surface area contributed by atoms with Crippen LogP contribution in [-0.2, 0) is 9.47 Å². The van der Waals surface area contributed by atoms with Gasteiger partial charge in [-0.1, -0.05) is 0 Å². The molecule has 0 aliphatic heterocycles. The SMILES string of the molecule is CCOC(=NC)OCC. The van der Waals surface area contributed by atoms with Gasteiger partial charge in [0.15, 0.2) is 0 Å². The Morgan fingerprint density at radius 3 is 1.89 bits per heavy atom. The predicted molar refractivity (Wildman–Crippen MR) is 36.6 cm³/mol. The van der Waals surface area contributed by atoms with Crippen molar-refractivity contribution in [2.75, 3.05) is 20.3 Å². The van der Waals surface area contributed by atoms with Gasteiger partial charge in [0.2, 0.25) is 0 Å². The Labute approximate surface area is 55.7 Å². The summed E-state index contributed by atoms with van der Waals surface area (Å²) in [6.07, 6.45) is 0.375. The minimum Gasteiger partial charge on any atom is -0.451 e. The highest BCUT2D eigenvalue weighted by Gasteiger charge is 1.93. The lowest BCUT2D eigenvalue weighted by Crippen LogP contribution is -2.08. The molecular formula is C6H13NO2. The minimum absolute atomic E-state index is 0.375. The molecule has 0 fully saturated rings. The minimum atomic E-state index is 0.375. The topological polar surface area (TPSA) is 30.8 Å². The van der Waals surface area contributed by atoms with E-state index in [1.54, 1.807) is 7.05 Å². The molecule has 0 N–H and O–H groups in total. The molecule has 3 heteroatoms. The summed E-state index contributed by atoms with van der Waals surface area (Å²) in [7, 11) is 1.64. The van der Waals surface area contributed by atoms with Gasteiger partial charge < -0.3 is 9.47 Å². The molecular weight excluding hydrogens is 118 g/mol. The summed E-state index contributed by atoms with van der Waals surface area (Å²) in [5.41, 5.74) is 0. The summed E-state index contributed by atoms with van der Waals surface area (Å²) in [5.74, 6) is 0. The smallest absolute Gasteiger partial charge is 0.383 e. The average Bonchev–Trinajstić information content (AvgIpc) is 1.88. The van der Waals surface area contributed by atoms with E-state index in [-0.39, 0.29) is 0 Å². The van der Waals surface area contributed by atoms with Gasteiger partial charge in [-0.3, -0.25) is 0 Å². The molecule has 0 heterocycles. The Balaban J connectivity index is 3.43. The van der Waals surface area contributed by atoms with Crippen molar-refractivity contribution < 1.29 is 9.47 Å². The van der Waals surface area contributed by atoms with Gasteiger partial charge in [0, 0.05) is 7.05 Å². The highest BCUT2D eigenvalue weighted by molar-refractivity contribution is 5.66. The molecule has 0 radical (unpaired) electrons. The summed E-state index contributed by atoms with van der Waals surface area (Å²) in [6.45, 7) is 4.99. The van der Waals surface area contributed by atoms with Crippen LogP contribution < -0.4 is 0 Å². The van der Waals surface area contributed by atoms with E-state index in [2.05, 4.69) is 4.99 Å². The van der Waals surface area contributed by atoms with E-state index in [4.69, 9.17) is 9.47 Å². The van der Waals surface area contributed by atoms with Crippen LogP contribution in [0.5, 0.6) is 0 Å². The lowest BCUT2D eigenvalue weighted by atomic mass is 10.8. The molecule has 0 spiro atoms. The van der Waals surface area contributed by atoms with E-state index in [9.17, 15) is 0 Å². The van der Waals surface area contributed by atoms with Crippen LogP contribution >= 0.6 is 0 Å². The van der Waals surface area contributed by atoms with E-state index < -0.39 is 0 Å². The first-order valence-electron chi connectivity index (χ1n) is 3.07. The van der Waals surface area contributed by atoms with Crippen LogP contribution in [0.4, 0.5) is 0 Å². The van der Waals surface area contributed by atoms with Crippen molar-refractivity contribution in [3.05, 3.63) is 0 Å². The predicted octanol–water partition coefficient (Wildman–Crippen LogP) is 1.05. The average molecular weight is 131 g/mol. The van der Waals surface area contributed by atoms with Crippen LogP contribution in [0.15, 0.2) is 4.99 Å². The number of rotatable bonds is 2. The summed E-state index contributed by atoms with van der Waals surface area (Å²) < 4.78 is 9.92. The van der Waals surface area contributed by atoms with Gasteiger partial charge in [-0.05, 0) is 13.8 Å². The molecule has 0 aliphatic rings. The quantitative estimate of drug-likeness (QED) is 0.414. The zero-order valence-electron chi connectivity index (χ0n) is 6.18. The second-order valence-corrected chi connectivity index (χ2v) is 1.36. The fraction of sp³-hybridized carbons (Fsp3) is 0.833. The van der Waals surface area contributed by atoms with Crippen LogP contribution in [0.3, 0.4) is 0 Å². The third kappa shape index (κ3) is 3.82. The van der Waals surface area contributed by atoms with Crippen LogP contribution in [0.2, 0.25) is 0 Å². The summed E-state index contributed by atoms with van der Waals surface area (Å²) in [4.78, 5) is 3.74. The molecule has 0 aromatic carbocycles. The van der Waals surface area contributed by atoms with Gasteiger partial charge in [-0.2, -0.15) is 0 Å². The molecule has 0 saturated heterocycles. The van der Waals surface area contributed by atoms with Crippen molar-refractivity contribution in [3.63, 3.8) is 0 Å². The van der Waals surface area contributed by atoms with Gasteiger partial charge in [0.1, 0.15) is 0 Å². The molecule has 0 bridgehead atoms. The standard InChI is InChI=1S/C6H13NO2/c1-4-8-6(7-3)9-5-2/h4-5H2,1-3H3. The Hall–Kier alpha value is -0.730. The van der Waals surface area contributed by atoms with Crippen LogP contribution in [-0.4, -0.2) is 26.3 Å². The lowest BCUT2D eigenvalue weighted by molar-refractivity contribution is 0.181. The van der Waals surface area contributed by atoms with Crippen molar-refractivity contribution in [1.82, 2.24) is 0 Å². The Morgan fingerprint density at radius 2 is 1.67 bits per heavy atom. The van der Waals surface area contributed by atoms with E-state index in [0.717, 1.165) is 0 Å². The molecule has 0 amide bonds. The Morgan fingerprint density at radius 1 is 1.22 bits per heavy atom. The first-order chi connectivity index (χ1) is 4.35. The van der Waals surface area contributed by atoms with Crippen molar-refractivity contribution in [3.8, 4) is 0 Å². The van der Waals surface area contributed by atoms with Gasteiger partial charge in [-0.25, -0.2) is 4.99 Å². The second-order valence-electron chi connectivity index (χ2n) is 1.36. The molecule has 0 saturated carbocycles. The maximum atomic E-state index is 4.96. The monoisotopic (exact) mass is 131 g/mol. The van der Waals surface area contributed by atoms with Crippen molar-refractivity contribution in [2.45, 2.75) is 13.8 Å². The summed E-state index contributed by atoms with van der Waals surface area (Å²) in [5, 5.41) is 0. The number of ether oxygens (including phenoxy) is 2. The largest absolute Gasteiger partial charge is 0.451 e. The van der Waals surface area contributed by atoms with Crippen LogP contribution in [0.1, 0.15) is 13.8 Å². The Kier molecular flexibility index (Phi) is 4.97. The van der Waals surface area contributed by atoms with E-state index in [0.29, 0.717) is 19.3 Å². The van der Waals surface area contributed by atoms with E-state index in [1.807, 2.05) is 13.8 Å². The van der Waals surface area contributed by atoms with Crippen LogP contribution in [0.25, 0.3) is 0 Å². The molecule has 0 aromatic rings. The highest BCUT2D eigenvalue weighted by atomic mass is 16.7. The molecule has 54 valence electrons. The summed E-state index contributed by atoms with van der Waals surface area (Å²) in [6, 6.07) is 0. The molecule has 0 aromatic heterocycles. The molecule has 0 atom stereocenters.